The van der Waals surface area contributed by atoms with E-state index < -0.39 is 5.82 Å². The van der Waals surface area contributed by atoms with E-state index in [2.05, 4.69) is 5.32 Å². The van der Waals surface area contributed by atoms with Gasteiger partial charge in [-0.25, -0.2) is 4.39 Å². The van der Waals surface area contributed by atoms with E-state index in [-0.39, 0.29) is 16.6 Å². The van der Waals surface area contributed by atoms with Crippen LogP contribution in [-0.4, -0.2) is 10.5 Å². The van der Waals surface area contributed by atoms with Gasteiger partial charge in [-0.3, -0.25) is 4.79 Å². The summed E-state index contributed by atoms with van der Waals surface area (Å²) in [5.74, 6) is -0.947. The molecule has 0 bridgehead atoms. The highest BCUT2D eigenvalue weighted by atomic mass is 35.5. The first kappa shape index (κ1) is 14.4. The molecule has 110 valence electrons. The summed E-state index contributed by atoms with van der Waals surface area (Å²) < 4.78 is 15.6. The van der Waals surface area contributed by atoms with E-state index in [0.717, 1.165) is 11.8 Å². The normalized spacial score (nSPS) is 10.5. The molecule has 0 aliphatic carbocycles. The maximum Gasteiger partial charge on any atom is 0.255 e. The fourth-order valence-corrected chi connectivity index (χ4v) is 2.26. The van der Waals surface area contributed by atoms with Crippen molar-refractivity contribution in [3.63, 3.8) is 0 Å². The molecule has 2 aromatic carbocycles. The molecule has 3 nitrogen and oxygen atoms in total. The summed E-state index contributed by atoms with van der Waals surface area (Å²) in [6.07, 6.45) is 3.77. The average Bonchev–Trinajstić information content (AvgIpc) is 3.04. The number of nitrogens with zero attached hydrogens (tertiary/aromatic N) is 1. The molecule has 0 saturated heterocycles. The second kappa shape index (κ2) is 6.03. The van der Waals surface area contributed by atoms with Gasteiger partial charge in [-0.2, -0.15) is 0 Å². The maximum atomic E-state index is 13.7. The number of amides is 1. The van der Waals surface area contributed by atoms with Crippen LogP contribution in [0.5, 0.6) is 0 Å². The standard InChI is InChI=1S/C17H12ClFN2O/c18-13-6-7-16(15(19)11-13)20-17(22)12-4-3-5-14(10-12)21-8-1-2-9-21/h1-11H,(H,20,22). The molecule has 0 radical (unpaired) electrons. The summed E-state index contributed by atoms with van der Waals surface area (Å²) in [6, 6.07) is 15.0. The molecule has 1 heterocycles. The van der Waals surface area contributed by atoms with Gasteiger partial charge in [-0.1, -0.05) is 17.7 Å². The van der Waals surface area contributed by atoms with E-state index >= 15 is 0 Å². The summed E-state index contributed by atoms with van der Waals surface area (Å²) in [6.45, 7) is 0. The Morgan fingerprint density at radius 3 is 2.55 bits per heavy atom. The first-order valence-electron chi connectivity index (χ1n) is 6.63. The quantitative estimate of drug-likeness (QED) is 0.757. The molecule has 3 rings (SSSR count). The van der Waals surface area contributed by atoms with Crippen LogP contribution in [0.25, 0.3) is 5.69 Å². The van der Waals surface area contributed by atoms with E-state index in [1.54, 1.807) is 18.2 Å². The van der Waals surface area contributed by atoms with Crippen molar-refractivity contribution in [2.75, 3.05) is 5.32 Å². The lowest BCUT2D eigenvalue weighted by molar-refractivity contribution is 0.102. The van der Waals surface area contributed by atoms with Crippen LogP contribution >= 0.6 is 11.6 Å². The predicted octanol–water partition coefficient (Wildman–Crippen LogP) is 4.52. The van der Waals surface area contributed by atoms with E-state index in [0.29, 0.717) is 5.56 Å². The predicted molar refractivity (Wildman–Crippen MR) is 85.1 cm³/mol. The van der Waals surface area contributed by atoms with Crippen LogP contribution in [0.4, 0.5) is 10.1 Å². The van der Waals surface area contributed by atoms with Gasteiger partial charge in [-0.05, 0) is 48.5 Å². The molecule has 5 heteroatoms. The van der Waals surface area contributed by atoms with E-state index in [1.165, 1.54) is 12.1 Å². The van der Waals surface area contributed by atoms with Crippen molar-refractivity contribution in [1.82, 2.24) is 4.57 Å². The molecular formula is C17H12ClFN2O. The van der Waals surface area contributed by atoms with Gasteiger partial charge >= 0.3 is 0 Å². The number of anilines is 1. The van der Waals surface area contributed by atoms with Crippen LogP contribution in [0.2, 0.25) is 5.02 Å². The number of aromatic nitrogens is 1. The zero-order valence-electron chi connectivity index (χ0n) is 11.5. The van der Waals surface area contributed by atoms with Crippen LogP contribution in [0.15, 0.2) is 67.0 Å². The van der Waals surface area contributed by atoms with Gasteiger partial charge in [0.15, 0.2) is 0 Å². The Morgan fingerprint density at radius 2 is 1.82 bits per heavy atom. The molecule has 1 amide bonds. The SMILES string of the molecule is O=C(Nc1ccc(Cl)cc1F)c1cccc(-n2cccc2)c1. The Bertz CT molecular complexity index is 815. The van der Waals surface area contributed by atoms with Gasteiger partial charge in [0.1, 0.15) is 5.82 Å². The third-order valence-corrected chi connectivity index (χ3v) is 3.43. The summed E-state index contributed by atoms with van der Waals surface area (Å²) in [5.41, 5.74) is 1.40. The summed E-state index contributed by atoms with van der Waals surface area (Å²) in [4.78, 5) is 12.3. The number of hydrogen-bond acceptors (Lipinski definition) is 1. The number of nitrogens with one attached hydrogen (secondary N) is 1. The number of carbonyl (C=O) groups excluding carboxylic acids is 1. The van der Waals surface area contributed by atoms with Crippen molar-refractivity contribution in [2.45, 2.75) is 0 Å². The van der Waals surface area contributed by atoms with Crippen molar-refractivity contribution in [2.24, 2.45) is 0 Å². The largest absolute Gasteiger partial charge is 0.324 e. The van der Waals surface area contributed by atoms with Crippen molar-refractivity contribution < 1.29 is 9.18 Å². The van der Waals surface area contributed by atoms with Gasteiger partial charge in [0.25, 0.3) is 5.91 Å². The molecule has 3 aromatic rings. The molecule has 0 atom stereocenters. The molecule has 0 unspecified atom stereocenters. The van der Waals surface area contributed by atoms with Crippen LogP contribution in [0.1, 0.15) is 10.4 Å². The lowest BCUT2D eigenvalue weighted by Gasteiger charge is -2.09. The molecule has 1 aromatic heterocycles. The van der Waals surface area contributed by atoms with Gasteiger partial charge in [0, 0.05) is 28.7 Å². The molecule has 0 fully saturated rings. The third kappa shape index (κ3) is 3.02. The van der Waals surface area contributed by atoms with Crippen molar-refractivity contribution >= 4 is 23.2 Å². The fourth-order valence-electron chi connectivity index (χ4n) is 2.10. The highest BCUT2D eigenvalue weighted by Crippen LogP contribution is 2.20. The first-order chi connectivity index (χ1) is 10.6. The molecule has 0 saturated carbocycles. The lowest BCUT2D eigenvalue weighted by atomic mass is 10.1. The summed E-state index contributed by atoms with van der Waals surface area (Å²) in [5, 5.41) is 2.83. The van der Waals surface area contributed by atoms with Crippen molar-refractivity contribution in [3.8, 4) is 5.69 Å². The second-order valence-electron chi connectivity index (χ2n) is 4.72. The maximum absolute atomic E-state index is 13.7. The number of carbonyl (C=O) groups is 1. The van der Waals surface area contributed by atoms with Crippen molar-refractivity contribution in [1.29, 1.82) is 0 Å². The van der Waals surface area contributed by atoms with Crippen LogP contribution in [0, 0.1) is 5.82 Å². The van der Waals surface area contributed by atoms with Gasteiger partial charge in [-0.15, -0.1) is 0 Å². The third-order valence-electron chi connectivity index (χ3n) is 3.19. The number of hydrogen-bond donors (Lipinski definition) is 1. The Kier molecular flexibility index (Phi) is 3.94. The van der Waals surface area contributed by atoms with E-state index in [4.69, 9.17) is 11.6 Å². The average molecular weight is 315 g/mol. The number of halogens is 2. The number of benzene rings is 2. The summed E-state index contributed by atoms with van der Waals surface area (Å²) >= 11 is 5.69. The van der Waals surface area contributed by atoms with Crippen LogP contribution in [-0.2, 0) is 0 Å². The topological polar surface area (TPSA) is 34.0 Å². The summed E-state index contributed by atoms with van der Waals surface area (Å²) in [7, 11) is 0. The molecule has 22 heavy (non-hydrogen) atoms. The van der Waals surface area contributed by atoms with Crippen LogP contribution < -0.4 is 5.32 Å². The Morgan fingerprint density at radius 1 is 1.05 bits per heavy atom. The molecular weight excluding hydrogens is 303 g/mol. The smallest absolute Gasteiger partial charge is 0.255 e. The lowest BCUT2D eigenvalue weighted by Crippen LogP contribution is -2.13. The molecule has 0 spiro atoms. The minimum atomic E-state index is -0.567. The minimum Gasteiger partial charge on any atom is -0.324 e. The molecule has 0 aliphatic rings. The van der Waals surface area contributed by atoms with Gasteiger partial charge in [0.05, 0.1) is 5.69 Å². The zero-order valence-corrected chi connectivity index (χ0v) is 12.2. The van der Waals surface area contributed by atoms with Crippen LogP contribution in [0.3, 0.4) is 0 Å². The zero-order chi connectivity index (χ0) is 15.5. The van der Waals surface area contributed by atoms with Gasteiger partial charge < -0.3 is 9.88 Å². The van der Waals surface area contributed by atoms with E-state index in [9.17, 15) is 9.18 Å². The Labute approximate surface area is 132 Å². The molecule has 1 N–H and O–H groups in total. The van der Waals surface area contributed by atoms with Gasteiger partial charge in [0.2, 0.25) is 0 Å². The number of rotatable bonds is 3. The first-order valence-corrected chi connectivity index (χ1v) is 7.01. The molecule has 0 aliphatic heterocycles. The van der Waals surface area contributed by atoms with E-state index in [1.807, 2.05) is 35.2 Å². The Balaban J connectivity index is 1.85. The minimum absolute atomic E-state index is 0.0979. The van der Waals surface area contributed by atoms with Crippen molar-refractivity contribution in [3.05, 3.63) is 83.4 Å². The monoisotopic (exact) mass is 314 g/mol. The second-order valence-corrected chi connectivity index (χ2v) is 5.16. The highest BCUT2D eigenvalue weighted by Gasteiger charge is 2.10. The fraction of sp³-hybridized carbons (Fsp3) is 0. The highest BCUT2D eigenvalue weighted by molar-refractivity contribution is 6.30. The Hall–Kier alpha value is -2.59.